The Balaban J connectivity index is 0.000000684. The average molecular weight is 454 g/mol. The zero-order valence-corrected chi connectivity index (χ0v) is 18.6. The van der Waals surface area contributed by atoms with Gasteiger partial charge in [-0.25, -0.2) is 4.98 Å². The summed E-state index contributed by atoms with van der Waals surface area (Å²) >= 11 is 1.62. The summed E-state index contributed by atoms with van der Waals surface area (Å²) in [5.41, 5.74) is 2.67. The highest BCUT2D eigenvalue weighted by molar-refractivity contribution is 7.13. The Kier molecular flexibility index (Phi) is 5.93. The van der Waals surface area contributed by atoms with Crippen molar-refractivity contribution in [3.05, 3.63) is 35.5 Å². The van der Waals surface area contributed by atoms with Crippen molar-refractivity contribution in [1.82, 2.24) is 25.0 Å². The fourth-order valence-corrected chi connectivity index (χ4v) is 5.53. The molecule has 2 aromatic heterocycles. The number of piperidine rings is 3. The number of aromatic nitrogens is 3. The molecule has 4 fully saturated rings. The number of benzene rings is 1. The molecule has 1 amide bonds. The van der Waals surface area contributed by atoms with Crippen LogP contribution in [0.25, 0.3) is 21.5 Å². The minimum atomic E-state index is -0.250. The molecule has 1 aromatic carbocycles. The molecular formula is C23H27N5O3S. The smallest absolute Gasteiger partial charge is 0.290 e. The fourth-order valence-electron chi connectivity index (χ4n) is 4.90. The van der Waals surface area contributed by atoms with Crippen molar-refractivity contribution in [3.63, 3.8) is 0 Å². The number of hydrogen-bond acceptors (Lipinski definition) is 6. The van der Waals surface area contributed by atoms with E-state index in [0.29, 0.717) is 17.5 Å². The van der Waals surface area contributed by atoms with E-state index in [-0.39, 0.29) is 18.4 Å². The molecule has 0 radical (unpaired) electrons. The lowest BCUT2D eigenvalue weighted by atomic mass is 9.84. The van der Waals surface area contributed by atoms with Crippen LogP contribution in [0.2, 0.25) is 0 Å². The summed E-state index contributed by atoms with van der Waals surface area (Å²) in [6.07, 6.45) is 6.73. The van der Waals surface area contributed by atoms with Crippen LogP contribution < -0.4 is 5.32 Å². The van der Waals surface area contributed by atoms with E-state index in [1.54, 1.807) is 11.3 Å². The van der Waals surface area contributed by atoms with Crippen LogP contribution in [0, 0.1) is 11.8 Å². The second-order valence-electron chi connectivity index (χ2n) is 8.87. The highest BCUT2D eigenvalue weighted by Gasteiger charge is 2.35. The molecule has 32 heavy (non-hydrogen) atoms. The van der Waals surface area contributed by atoms with E-state index >= 15 is 0 Å². The van der Waals surface area contributed by atoms with Crippen LogP contribution in [-0.2, 0) is 11.3 Å². The Morgan fingerprint density at radius 2 is 2.03 bits per heavy atom. The van der Waals surface area contributed by atoms with E-state index in [9.17, 15) is 4.79 Å². The van der Waals surface area contributed by atoms with Gasteiger partial charge in [0.25, 0.3) is 12.4 Å². The molecule has 1 saturated carbocycles. The van der Waals surface area contributed by atoms with Crippen LogP contribution in [0.15, 0.2) is 29.8 Å². The standard InChI is InChI=1S/C22H25N5OS.CH2O2/c28-21(24-18-13-26-8-5-15(18)6-9-26)20-17-11-16(22-23-7-10-29-22)3-4-19(17)27(25-20)12-14-1-2-14;2-1-3/h3-4,7,10-11,14-15,18H,1-2,5-6,8-9,12-13H2,(H,24,28);1H,(H,2,3)/t18-;/m1./s1. The maximum Gasteiger partial charge on any atom is 0.290 e. The van der Waals surface area contributed by atoms with Crippen molar-refractivity contribution < 1.29 is 14.7 Å². The Bertz CT molecular complexity index is 1100. The van der Waals surface area contributed by atoms with Crippen LogP contribution in [0.5, 0.6) is 0 Å². The minimum absolute atomic E-state index is 0.0282. The van der Waals surface area contributed by atoms with Gasteiger partial charge in [-0.3, -0.25) is 14.3 Å². The van der Waals surface area contributed by atoms with Crippen molar-refractivity contribution in [2.24, 2.45) is 11.8 Å². The van der Waals surface area contributed by atoms with Crippen molar-refractivity contribution in [2.45, 2.75) is 38.3 Å². The van der Waals surface area contributed by atoms with Crippen LogP contribution in [-0.4, -0.2) is 62.8 Å². The van der Waals surface area contributed by atoms with Crippen molar-refractivity contribution in [1.29, 1.82) is 0 Å². The second-order valence-corrected chi connectivity index (χ2v) is 9.76. The fraction of sp³-hybridized carbons (Fsp3) is 0.478. The molecule has 4 aliphatic rings. The van der Waals surface area contributed by atoms with E-state index in [0.717, 1.165) is 34.6 Å². The molecule has 1 atom stereocenters. The van der Waals surface area contributed by atoms with Gasteiger partial charge in [0.05, 0.1) is 5.52 Å². The third-order valence-electron chi connectivity index (χ3n) is 6.75. The highest BCUT2D eigenvalue weighted by Crippen LogP contribution is 2.34. The summed E-state index contributed by atoms with van der Waals surface area (Å²) in [5, 5.41) is 18.9. The maximum absolute atomic E-state index is 13.3. The van der Waals surface area contributed by atoms with Gasteiger partial charge < -0.3 is 15.3 Å². The van der Waals surface area contributed by atoms with E-state index in [4.69, 9.17) is 15.0 Å². The molecule has 2 bridgehead atoms. The van der Waals surface area contributed by atoms with Crippen molar-refractivity contribution >= 4 is 34.6 Å². The third-order valence-corrected chi connectivity index (χ3v) is 7.57. The largest absolute Gasteiger partial charge is 0.483 e. The molecule has 7 rings (SSSR count). The monoisotopic (exact) mass is 453 g/mol. The summed E-state index contributed by atoms with van der Waals surface area (Å²) in [5.74, 6) is 1.28. The highest BCUT2D eigenvalue weighted by atomic mass is 32.1. The van der Waals surface area contributed by atoms with Gasteiger partial charge in [0.2, 0.25) is 0 Å². The number of nitrogens with zero attached hydrogens (tertiary/aromatic N) is 4. The maximum atomic E-state index is 13.3. The molecule has 9 heteroatoms. The first kappa shape index (κ1) is 21.1. The van der Waals surface area contributed by atoms with Crippen LogP contribution >= 0.6 is 11.3 Å². The predicted molar refractivity (Wildman–Crippen MR) is 123 cm³/mol. The number of amides is 1. The van der Waals surface area contributed by atoms with Crippen molar-refractivity contribution in [2.75, 3.05) is 19.6 Å². The zero-order chi connectivity index (χ0) is 22.1. The third kappa shape index (κ3) is 4.27. The predicted octanol–water partition coefficient (Wildman–Crippen LogP) is 3.09. The number of hydrogen-bond donors (Lipinski definition) is 2. The Morgan fingerprint density at radius 3 is 2.66 bits per heavy atom. The summed E-state index contributed by atoms with van der Waals surface area (Å²) in [6.45, 7) is 3.97. The normalized spacial score (nSPS) is 24.1. The number of thiazole rings is 1. The van der Waals surface area contributed by atoms with Crippen LogP contribution in [0.1, 0.15) is 36.2 Å². The van der Waals surface area contributed by atoms with Gasteiger partial charge in [-0.2, -0.15) is 5.10 Å². The molecule has 3 aliphatic heterocycles. The molecule has 3 saturated heterocycles. The Morgan fingerprint density at radius 1 is 1.25 bits per heavy atom. The Hall–Kier alpha value is -2.78. The SMILES string of the molecule is O=C(N[C@@H]1CN2CCC1CC2)c1nn(CC2CC2)c2ccc(-c3nccs3)cc12.O=CO. The molecule has 5 heterocycles. The number of carboxylic acid groups (broad SMARTS) is 1. The molecule has 0 spiro atoms. The summed E-state index contributed by atoms with van der Waals surface area (Å²) in [7, 11) is 0. The van der Waals surface area contributed by atoms with Gasteiger partial charge in [-0.15, -0.1) is 11.3 Å². The van der Waals surface area contributed by atoms with E-state index in [1.807, 2.05) is 16.3 Å². The van der Waals surface area contributed by atoms with E-state index < -0.39 is 0 Å². The molecule has 168 valence electrons. The first-order valence-corrected chi connectivity index (χ1v) is 12.1. The quantitative estimate of drug-likeness (QED) is 0.576. The molecule has 3 aromatic rings. The van der Waals surface area contributed by atoms with Crippen LogP contribution in [0.3, 0.4) is 0 Å². The lowest BCUT2D eigenvalue weighted by Crippen LogP contribution is -2.57. The molecular weight excluding hydrogens is 426 g/mol. The van der Waals surface area contributed by atoms with E-state index in [1.165, 1.54) is 38.8 Å². The summed E-state index contributed by atoms with van der Waals surface area (Å²) < 4.78 is 2.05. The van der Waals surface area contributed by atoms with Gasteiger partial charge in [-0.05, 0) is 68.8 Å². The number of carbonyl (C=O) groups excluding carboxylic acids is 1. The van der Waals surface area contributed by atoms with Gasteiger partial charge in [0.15, 0.2) is 5.69 Å². The first-order chi connectivity index (χ1) is 15.7. The van der Waals surface area contributed by atoms with E-state index in [2.05, 4.69) is 33.4 Å². The number of fused-ring (bicyclic) bond motifs is 4. The minimum Gasteiger partial charge on any atom is -0.483 e. The Labute approximate surface area is 190 Å². The van der Waals surface area contributed by atoms with Gasteiger partial charge in [0.1, 0.15) is 5.01 Å². The van der Waals surface area contributed by atoms with Crippen LogP contribution in [0.4, 0.5) is 0 Å². The zero-order valence-electron chi connectivity index (χ0n) is 17.8. The van der Waals surface area contributed by atoms with Gasteiger partial charge in [0, 0.05) is 41.7 Å². The number of rotatable bonds is 5. The topological polar surface area (TPSA) is 100 Å². The van der Waals surface area contributed by atoms with Crippen molar-refractivity contribution in [3.8, 4) is 10.6 Å². The van der Waals surface area contributed by atoms with Gasteiger partial charge >= 0.3 is 0 Å². The van der Waals surface area contributed by atoms with Gasteiger partial charge in [-0.1, -0.05) is 0 Å². The lowest BCUT2D eigenvalue weighted by Gasteiger charge is -2.44. The molecule has 1 aliphatic carbocycles. The number of nitrogens with one attached hydrogen (secondary N) is 1. The number of carbonyl (C=O) groups is 2. The first-order valence-electron chi connectivity index (χ1n) is 11.2. The molecule has 0 unspecified atom stereocenters. The average Bonchev–Trinajstić information content (AvgIpc) is 3.31. The lowest BCUT2D eigenvalue weighted by molar-refractivity contribution is -0.122. The molecule has 2 N–H and O–H groups in total. The molecule has 8 nitrogen and oxygen atoms in total. The summed E-state index contributed by atoms with van der Waals surface area (Å²) in [4.78, 5) is 28.6. The second kappa shape index (κ2) is 8.99. The summed E-state index contributed by atoms with van der Waals surface area (Å²) in [6, 6.07) is 6.54.